The number of halogens is 1. The minimum absolute atomic E-state index is 0.273. The summed E-state index contributed by atoms with van der Waals surface area (Å²) in [5, 5.41) is 4.51. The summed E-state index contributed by atoms with van der Waals surface area (Å²) in [6, 6.07) is 8.84. The fourth-order valence-electron chi connectivity index (χ4n) is 1.54. The number of carbonyl (C=O) groups excluding carboxylic acids is 1. The number of rotatable bonds is 2. The van der Waals surface area contributed by atoms with Crippen LogP contribution in [0.1, 0.15) is 17.3 Å². The van der Waals surface area contributed by atoms with Crippen molar-refractivity contribution in [2.75, 3.05) is 5.73 Å². The second kappa shape index (κ2) is 5.06. The van der Waals surface area contributed by atoms with E-state index in [0.29, 0.717) is 10.8 Å². The summed E-state index contributed by atoms with van der Waals surface area (Å²) in [4.78, 5) is 11.9. The Hall–Kier alpha value is -2.07. The Kier molecular flexibility index (Phi) is 3.48. The third-order valence-corrected chi connectivity index (χ3v) is 2.77. The maximum Gasteiger partial charge on any atom is 0.273 e. The molecule has 5 heteroatoms. The number of allylic oxidation sites excluding steroid dienone is 2. The van der Waals surface area contributed by atoms with Crippen LogP contribution >= 0.6 is 11.6 Å². The van der Waals surface area contributed by atoms with Crippen LogP contribution in [0.25, 0.3) is 5.57 Å². The van der Waals surface area contributed by atoms with Gasteiger partial charge in [-0.05, 0) is 30.2 Å². The highest BCUT2D eigenvalue weighted by atomic mass is 35.5. The van der Waals surface area contributed by atoms with Gasteiger partial charge in [-0.15, -0.1) is 0 Å². The molecule has 0 radical (unpaired) electrons. The van der Waals surface area contributed by atoms with Crippen molar-refractivity contribution >= 4 is 28.9 Å². The van der Waals surface area contributed by atoms with Gasteiger partial charge in [-0.3, -0.25) is 4.79 Å². The van der Waals surface area contributed by atoms with E-state index >= 15 is 0 Å². The Morgan fingerprint density at radius 3 is 2.56 bits per heavy atom. The Morgan fingerprint density at radius 2 is 2.00 bits per heavy atom. The van der Waals surface area contributed by atoms with E-state index in [1.165, 1.54) is 12.3 Å². The number of anilines is 1. The number of carbonyl (C=O) groups is 1. The number of nitrogen functional groups attached to an aromatic ring is 1. The SMILES string of the molecule is C/C(=C\C(=O)n1nccc1N)c1ccc(Cl)cc1. The Balaban J connectivity index is 2.26. The number of nitrogens with two attached hydrogens (primary N) is 1. The van der Waals surface area contributed by atoms with Gasteiger partial charge in [-0.25, -0.2) is 0 Å². The predicted octanol–water partition coefficient (Wildman–Crippen LogP) is 2.86. The molecular formula is C13H12ClN3O. The molecule has 0 saturated carbocycles. The minimum atomic E-state index is -0.273. The van der Waals surface area contributed by atoms with E-state index in [2.05, 4.69) is 5.10 Å². The summed E-state index contributed by atoms with van der Waals surface area (Å²) < 4.78 is 1.15. The van der Waals surface area contributed by atoms with Gasteiger partial charge in [0.15, 0.2) is 0 Å². The van der Waals surface area contributed by atoms with Crippen molar-refractivity contribution in [2.45, 2.75) is 6.92 Å². The lowest BCUT2D eigenvalue weighted by Gasteiger charge is -2.02. The molecule has 0 saturated heterocycles. The molecule has 0 amide bonds. The summed E-state index contributed by atoms with van der Waals surface area (Å²) in [6.07, 6.45) is 2.98. The van der Waals surface area contributed by atoms with Crippen LogP contribution in [0, 0.1) is 0 Å². The van der Waals surface area contributed by atoms with E-state index in [-0.39, 0.29) is 5.91 Å². The van der Waals surface area contributed by atoms with Crippen LogP contribution < -0.4 is 5.73 Å². The van der Waals surface area contributed by atoms with Crippen LogP contribution in [-0.2, 0) is 0 Å². The normalized spacial score (nSPS) is 11.6. The third-order valence-electron chi connectivity index (χ3n) is 2.52. The van der Waals surface area contributed by atoms with E-state index in [1.54, 1.807) is 18.2 Å². The van der Waals surface area contributed by atoms with Crippen molar-refractivity contribution in [3.05, 3.63) is 53.2 Å². The largest absolute Gasteiger partial charge is 0.383 e. The van der Waals surface area contributed by atoms with Gasteiger partial charge in [-0.2, -0.15) is 9.78 Å². The first kappa shape index (κ1) is 12.4. The first-order valence-corrected chi connectivity index (χ1v) is 5.74. The monoisotopic (exact) mass is 261 g/mol. The lowest BCUT2D eigenvalue weighted by molar-refractivity contribution is 0.0957. The minimum Gasteiger partial charge on any atom is -0.383 e. The van der Waals surface area contributed by atoms with Crippen LogP contribution in [-0.4, -0.2) is 15.7 Å². The summed E-state index contributed by atoms with van der Waals surface area (Å²) in [6.45, 7) is 1.85. The second-order valence-corrected chi connectivity index (χ2v) is 4.28. The van der Waals surface area contributed by atoms with Gasteiger partial charge >= 0.3 is 0 Å². The number of benzene rings is 1. The van der Waals surface area contributed by atoms with Gasteiger partial charge in [0.1, 0.15) is 5.82 Å². The zero-order valence-electron chi connectivity index (χ0n) is 9.80. The number of nitrogens with zero attached hydrogens (tertiary/aromatic N) is 2. The van der Waals surface area contributed by atoms with Gasteiger partial charge in [0, 0.05) is 17.2 Å². The quantitative estimate of drug-likeness (QED) is 0.846. The van der Waals surface area contributed by atoms with E-state index in [0.717, 1.165) is 15.8 Å². The third kappa shape index (κ3) is 2.60. The van der Waals surface area contributed by atoms with E-state index in [4.69, 9.17) is 17.3 Å². The average Bonchev–Trinajstić information content (AvgIpc) is 2.76. The molecule has 18 heavy (non-hydrogen) atoms. The molecule has 2 N–H and O–H groups in total. The molecule has 0 fully saturated rings. The van der Waals surface area contributed by atoms with Gasteiger partial charge in [0.25, 0.3) is 5.91 Å². The van der Waals surface area contributed by atoms with E-state index < -0.39 is 0 Å². The Bertz CT molecular complexity index is 599. The van der Waals surface area contributed by atoms with Crippen LogP contribution in [0.2, 0.25) is 5.02 Å². The zero-order chi connectivity index (χ0) is 13.1. The summed E-state index contributed by atoms with van der Waals surface area (Å²) in [5.41, 5.74) is 7.36. The van der Waals surface area contributed by atoms with Crippen molar-refractivity contribution in [3.63, 3.8) is 0 Å². The molecule has 2 rings (SSSR count). The standard InChI is InChI=1S/C13H12ClN3O/c1-9(10-2-4-11(14)5-3-10)8-13(18)17-12(15)6-7-16-17/h2-8H,15H2,1H3/b9-8+. The van der Waals surface area contributed by atoms with Crippen molar-refractivity contribution in [2.24, 2.45) is 0 Å². The second-order valence-electron chi connectivity index (χ2n) is 3.84. The molecule has 0 unspecified atom stereocenters. The highest BCUT2D eigenvalue weighted by Crippen LogP contribution is 2.17. The average molecular weight is 262 g/mol. The van der Waals surface area contributed by atoms with Gasteiger partial charge in [0.05, 0.1) is 6.20 Å². The summed E-state index contributed by atoms with van der Waals surface area (Å²) in [5.74, 6) is 0.0464. The maximum atomic E-state index is 11.9. The molecule has 1 aromatic carbocycles. The lowest BCUT2D eigenvalue weighted by atomic mass is 10.1. The highest BCUT2D eigenvalue weighted by Gasteiger charge is 2.06. The molecular weight excluding hydrogens is 250 g/mol. The van der Waals surface area contributed by atoms with Crippen LogP contribution in [0.3, 0.4) is 0 Å². The lowest BCUT2D eigenvalue weighted by Crippen LogP contribution is -2.12. The smallest absolute Gasteiger partial charge is 0.273 e. The fourth-order valence-corrected chi connectivity index (χ4v) is 1.67. The van der Waals surface area contributed by atoms with Crippen molar-refractivity contribution in [1.82, 2.24) is 9.78 Å². The summed E-state index contributed by atoms with van der Waals surface area (Å²) >= 11 is 5.81. The van der Waals surface area contributed by atoms with Gasteiger partial charge < -0.3 is 5.73 Å². The number of aromatic nitrogens is 2. The molecule has 0 aliphatic rings. The number of hydrogen-bond donors (Lipinski definition) is 1. The fraction of sp³-hybridized carbons (Fsp3) is 0.0769. The van der Waals surface area contributed by atoms with Crippen molar-refractivity contribution < 1.29 is 4.79 Å². The Labute approximate surface area is 110 Å². The molecule has 1 heterocycles. The van der Waals surface area contributed by atoms with Gasteiger partial charge in [-0.1, -0.05) is 23.7 Å². The first-order chi connectivity index (χ1) is 8.58. The highest BCUT2D eigenvalue weighted by molar-refractivity contribution is 6.30. The maximum absolute atomic E-state index is 11.9. The van der Waals surface area contributed by atoms with Gasteiger partial charge in [0.2, 0.25) is 0 Å². The molecule has 0 spiro atoms. The zero-order valence-corrected chi connectivity index (χ0v) is 10.6. The first-order valence-electron chi connectivity index (χ1n) is 5.36. The van der Waals surface area contributed by atoms with E-state index in [1.807, 2.05) is 19.1 Å². The topological polar surface area (TPSA) is 60.9 Å². The van der Waals surface area contributed by atoms with Crippen molar-refractivity contribution in [3.8, 4) is 0 Å². The molecule has 92 valence electrons. The molecule has 0 atom stereocenters. The van der Waals surface area contributed by atoms with E-state index in [9.17, 15) is 4.79 Å². The van der Waals surface area contributed by atoms with Crippen LogP contribution in [0.5, 0.6) is 0 Å². The molecule has 1 aromatic heterocycles. The molecule has 4 nitrogen and oxygen atoms in total. The van der Waals surface area contributed by atoms with Crippen molar-refractivity contribution in [1.29, 1.82) is 0 Å². The molecule has 2 aromatic rings. The molecule has 0 aliphatic carbocycles. The molecule has 0 bridgehead atoms. The molecule has 0 aliphatic heterocycles. The predicted molar refractivity (Wildman–Crippen MR) is 72.4 cm³/mol. The Morgan fingerprint density at radius 1 is 1.33 bits per heavy atom. The number of hydrogen-bond acceptors (Lipinski definition) is 3. The summed E-state index contributed by atoms with van der Waals surface area (Å²) in [7, 11) is 0. The van der Waals surface area contributed by atoms with Crippen LogP contribution in [0.4, 0.5) is 5.82 Å². The van der Waals surface area contributed by atoms with Crippen LogP contribution in [0.15, 0.2) is 42.6 Å².